The molecule has 1 aromatic carbocycles. The highest BCUT2D eigenvalue weighted by molar-refractivity contribution is 5.89. The summed E-state index contributed by atoms with van der Waals surface area (Å²) < 4.78 is 0. The van der Waals surface area contributed by atoms with Crippen molar-refractivity contribution >= 4 is 11.7 Å². The highest BCUT2D eigenvalue weighted by atomic mass is 16.2. The Morgan fingerprint density at radius 3 is 2.84 bits per heavy atom. The Hall–Kier alpha value is -1.95. The molecule has 2 N–H and O–H groups in total. The molecule has 0 radical (unpaired) electrons. The summed E-state index contributed by atoms with van der Waals surface area (Å²) in [5.74, 6) is 3.19. The number of hydrogen-bond donors (Lipinski definition) is 2. The number of rotatable bonds is 3. The predicted octanol–water partition coefficient (Wildman–Crippen LogP) is 3.37. The van der Waals surface area contributed by atoms with E-state index in [9.17, 15) is 4.79 Å². The van der Waals surface area contributed by atoms with E-state index < -0.39 is 0 Å². The number of urea groups is 1. The van der Waals surface area contributed by atoms with E-state index in [4.69, 9.17) is 6.42 Å². The van der Waals surface area contributed by atoms with Crippen molar-refractivity contribution in [1.82, 2.24) is 5.32 Å². The van der Waals surface area contributed by atoms with E-state index in [0.717, 1.165) is 17.8 Å². The summed E-state index contributed by atoms with van der Waals surface area (Å²) in [6.45, 7) is 0.765. The van der Waals surface area contributed by atoms with Crippen LogP contribution in [0.1, 0.15) is 37.7 Å². The van der Waals surface area contributed by atoms with Crippen LogP contribution in [-0.4, -0.2) is 12.6 Å². The van der Waals surface area contributed by atoms with Crippen molar-refractivity contribution in [2.45, 2.75) is 32.1 Å². The Bertz CT molecular complexity index is 470. The molecule has 100 valence electrons. The highest BCUT2D eigenvalue weighted by Crippen LogP contribution is 2.22. The third-order valence-electron chi connectivity index (χ3n) is 3.56. The van der Waals surface area contributed by atoms with Gasteiger partial charge in [0, 0.05) is 17.8 Å². The monoisotopic (exact) mass is 256 g/mol. The van der Waals surface area contributed by atoms with Gasteiger partial charge in [0.25, 0.3) is 0 Å². The van der Waals surface area contributed by atoms with Gasteiger partial charge < -0.3 is 10.6 Å². The second-order valence-corrected chi connectivity index (χ2v) is 5.06. The topological polar surface area (TPSA) is 41.1 Å². The number of nitrogens with one attached hydrogen (secondary N) is 2. The summed E-state index contributed by atoms with van der Waals surface area (Å²) in [4.78, 5) is 11.8. The van der Waals surface area contributed by atoms with Crippen LogP contribution in [0, 0.1) is 18.3 Å². The SMILES string of the molecule is C#Cc1cccc(NC(=O)NCC2CCCCC2)c1. The Balaban J connectivity index is 1.78. The minimum atomic E-state index is -0.153. The smallest absolute Gasteiger partial charge is 0.319 e. The molecule has 1 aromatic rings. The molecule has 0 aliphatic heterocycles. The van der Waals surface area contributed by atoms with Crippen LogP contribution >= 0.6 is 0 Å². The zero-order valence-electron chi connectivity index (χ0n) is 11.1. The lowest BCUT2D eigenvalue weighted by atomic mass is 9.89. The average Bonchev–Trinajstić information content (AvgIpc) is 2.46. The fourth-order valence-corrected chi connectivity index (χ4v) is 2.49. The average molecular weight is 256 g/mol. The van der Waals surface area contributed by atoms with Gasteiger partial charge in [-0.05, 0) is 37.0 Å². The number of hydrogen-bond acceptors (Lipinski definition) is 1. The molecule has 1 aliphatic carbocycles. The summed E-state index contributed by atoms with van der Waals surface area (Å²) in [5.41, 5.74) is 1.50. The lowest BCUT2D eigenvalue weighted by Gasteiger charge is -2.21. The normalized spacial score (nSPS) is 15.5. The lowest BCUT2D eigenvalue weighted by molar-refractivity contribution is 0.247. The summed E-state index contributed by atoms with van der Waals surface area (Å²) in [7, 11) is 0. The van der Waals surface area contributed by atoms with Crippen molar-refractivity contribution < 1.29 is 4.79 Å². The van der Waals surface area contributed by atoms with E-state index in [1.165, 1.54) is 32.1 Å². The van der Waals surface area contributed by atoms with E-state index in [2.05, 4.69) is 16.6 Å². The van der Waals surface area contributed by atoms with Gasteiger partial charge >= 0.3 is 6.03 Å². The number of terminal acetylenes is 1. The first-order valence-corrected chi connectivity index (χ1v) is 6.89. The van der Waals surface area contributed by atoms with Gasteiger partial charge in [-0.3, -0.25) is 0 Å². The molecule has 0 heterocycles. The highest BCUT2D eigenvalue weighted by Gasteiger charge is 2.14. The molecule has 1 aliphatic rings. The van der Waals surface area contributed by atoms with Crippen molar-refractivity contribution in [2.75, 3.05) is 11.9 Å². The molecule has 2 amide bonds. The van der Waals surface area contributed by atoms with Crippen LogP contribution in [0.4, 0.5) is 10.5 Å². The molecule has 0 saturated heterocycles. The third kappa shape index (κ3) is 4.33. The maximum atomic E-state index is 11.8. The number of carbonyl (C=O) groups excluding carboxylic acids is 1. The van der Waals surface area contributed by atoms with Crippen LogP contribution in [0.25, 0.3) is 0 Å². The molecule has 19 heavy (non-hydrogen) atoms. The van der Waals surface area contributed by atoms with Crippen molar-refractivity contribution in [3.63, 3.8) is 0 Å². The van der Waals surface area contributed by atoms with E-state index in [-0.39, 0.29) is 6.03 Å². The number of amides is 2. The predicted molar refractivity (Wildman–Crippen MR) is 78.0 cm³/mol. The molecule has 3 nitrogen and oxygen atoms in total. The van der Waals surface area contributed by atoms with Gasteiger partial charge in [0.2, 0.25) is 0 Å². The van der Waals surface area contributed by atoms with Crippen LogP contribution in [-0.2, 0) is 0 Å². The van der Waals surface area contributed by atoms with Gasteiger partial charge in [-0.1, -0.05) is 31.2 Å². The van der Waals surface area contributed by atoms with Crippen molar-refractivity contribution in [3.05, 3.63) is 29.8 Å². The zero-order valence-corrected chi connectivity index (χ0v) is 11.1. The molecule has 1 fully saturated rings. The van der Waals surface area contributed by atoms with Crippen LogP contribution in [0.5, 0.6) is 0 Å². The minimum Gasteiger partial charge on any atom is -0.338 e. The van der Waals surface area contributed by atoms with E-state index >= 15 is 0 Å². The number of benzene rings is 1. The summed E-state index contributed by atoms with van der Waals surface area (Å²) in [6.07, 6.45) is 11.7. The van der Waals surface area contributed by atoms with Gasteiger partial charge in [-0.25, -0.2) is 4.79 Å². The first-order chi connectivity index (χ1) is 9.28. The van der Waals surface area contributed by atoms with Crippen molar-refractivity contribution in [3.8, 4) is 12.3 Å². The van der Waals surface area contributed by atoms with Gasteiger partial charge in [-0.2, -0.15) is 0 Å². The molecule has 0 atom stereocenters. The van der Waals surface area contributed by atoms with E-state index in [1.54, 1.807) is 6.07 Å². The largest absolute Gasteiger partial charge is 0.338 e. The van der Waals surface area contributed by atoms with E-state index in [1.807, 2.05) is 18.2 Å². The number of carbonyl (C=O) groups is 1. The molecule has 0 spiro atoms. The van der Waals surface area contributed by atoms with Gasteiger partial charge in [0.15, 0.2) is 0 Å². The number of anilines is 1. The molecule has 0 aromatic heterocycles. The van der Waals surface area contributed by atoms with E-state index in [0.29, 0.717) is 5.92 Å². The van der Waals surface area contributed by atoms with Crippen molar-refractivity contribution in [2.24, 2.45) is 5.92 Å². The molecule has 0 unspecified atom stereocenters. The van der Waals surface area contributed by atoms with Crippen LogP contribution in [0.2, 0.25) is 0 Å². The Morgan fingerprint density at radius 2 is 2.11 bits per heavy atom. The Morgan fingerprint density at radius 1 is 1.32 bits per heavy atom. The van der Waals surface area contributed by atoms with Crippen molar-refractivity contribution in [1.29, 1.82) is 0 Å². The maximum absolute atomic E-state index is 11.8. The fraction of sp³-hybridized carbons (Fsp3) is 0.438. The summed E-state index contributed by atoms with van der Waals surface area (Å²) in [5, 5.41) is 5.75. The Labute approximate surface area is 114 Å². The first-order valence-electron chi connectivity index (χ1n) is 6.89. The molecule has 0 bridgehead atoms. The third-order valence-corrected chi connectivity index (χ3v) is 3.56. The molecule has 3 heteroatoms. The van der Waals surface area contributed by atoms with Crippen LogP contribution < -0.4 is 10.6 Å². The van der Waals surface area contributed by atoms with Gasteiger partial charge in [0.1, 0.15) is 0 Å². The van der Waals surface area contributed by atoms with Gasteiger partial charge in [-0.15, -0.1) is 6.42 Å². The molecule has 2 rings (SSSR count). The quantitative estimate of drug-likeness (QED) is 0.800. The summed E-state index contributed by atoms with van der Waals surface area (Å²) in [6, 6.07) is 7.15. The first kappa shape index (κ1) is 13.5. The lowest BCUT2D eigenvalue weighted by Crippen LogP contribution is -2.33. The standard InChI is InChI=1S/C16H20N2O/c1-2-13-9-6-10-15(11-13)18-16(19)17-12-14-7-4-3-5-8-14/h1,6,9-11,14H,3-5,7-8,12H2,(H2,17,18,19). The maximum Gasteiger partial charge on any atom is 0.319 e. The van der Waals surface area contributed by atoms with Crippen LogP contribution in [0.15, 0.2) is 24.3 Å². The fourth-order valence-electron chi connectivity index (χ4n) is 2.49. The minimum absolute atomic E-state index is 0.153. The van der Waals surface area contributed by atoms with Crippen LogP contribution in [0.3, 0.4) is 0 Å². The summed E-state index contributed by atoms with van der Waals surface area (Å²) >= 11 is 0. The zero-order chi connectivity index (χ0) is 13.5. The molecular formula is C16H20N2O. The Kier molecular flexibility index (Phi) is 4.85. The second kappa shape index (κ2) is 6.84. The molecular weight excluding hydrogens is 236 g/mol. The molecule has 1 saturated carbocycles. The van der Waals surface area contributed by atoms with Gasteiger partial charge in [0.05, 0.1) is 0 Å². The second-order valence-electron chi connectivity index (χ2n) is 5.06.